The zero-order valence-electron chi connectivity index (χ0n) is 7.79. The second-order valence-corrected chi connectivity index (χ2v) is 4.43. The van der Waals surface area contributed by atoms with E-state index < -0.39 is 0 Å². The highest BCUT2D eigenvalue weighted by Gasteiger charge is 2.11. The Morgan fingerprint density at radius 1 is 1.57 bits per heavy atom. The van der Waals surface area contributed by atoms with Gasteiger partial charge in [-0.15, -0.1) is 0 Å². The van der Waals surface area contributed by atoms with Gasteiger partial charge in [0.25, 0.3) is 0 Å². The molecule has 1 N–H and O–H groups in total. The first kappa shape index (κ1) is 11.7. The van der Waals surface area contributed by atoms with Gasteiger partial charge in [0.05, 0.1) is 28.6 Å². The molecule has 0 aliphatic rings. The lowest BCUT2D eigenvalue weighted by atomic mass is 10.1. The van der Waals surface area contributed by atoms with E-state index in [1.54, 1.807) is 18.2 Å². The molecular formula is C9H11IO3Si. The fourth-order valence-corrected chi connectivity index (χ4v) is 1.85. The molecule has 0 heterocycles. The highest BCUT2D eigenvalue weighted by atomic mass is 127. The number of hydrogen-bond donors (Lipinski definition) is 1. The summed E-state index contributed by atoms with van der Waals surface area (Å²) in [4.78, 5) is 11.4. The topological polar surface area (TPSA) is 46.5 Å². The number of aliphatic hydroxyl groups is 1. The summed E-state index contributed by atoms with van der Waals surface area (Å²) < 4.78 is 5.79. The third-order valence-electron chi connectivity index (χ3n) is 1.71. The van der Waals surface area contributed by atoms with Gasteiger partial charge in [0.1, 0.15) is 0 Å². The second-order valence-electron chi connectivity index (χ2n) is 2.69. The molecule has 0 saturated heterocycles. The van der Waals surface area contributed by atoms with Crippen molar-refractivity contribution in [3.8, 4) is 0 Å². The summed E-state index contributed by atoms with van der Waals surface area (Å²) >= 11 is 2.08. The molecule has 1 aromatic carbocycles. The van der Waals surface area contributed by atoms with Crippen LogP contribution in [0, 0.1) is 3.57 Å². The van der Waals surface area contributed by atoms with Crippen LogP contribution in [-0.2, 0) is 11.3 Å². The zero-order chi connectivity index (χ0) is 10.6. The van der Waals surface area contributed by atoms with Gasteiger partial charge in [-0.1, -0.05) is 6.07 Å². The number of rotatable bonds is 3. The Morgan fingerprint density at radius 3 is 2.86 bits per heavy atom. The van der Waals surface area contributed by atoms with Crippen molar-refractivity contribution in [3.63, 3.8) is 0 Å². The van der Waals surface area contributed by atoms with E-state index in [0.717, 1.165) is 19.4 Å². The Labute approximate surface area is 99.0 Å². The van der Waals surface area contributed by atoms with Gasteiger partial charge in [-0.05, 0) is 40.3 Å². The van der Waals surface area contributed by atoms with Crippen molar-refractivity contribution in [1.29, 1.82) is 0 Å². The Hall–Kier alpha value is -0.403. The molecule has 0 spiro atoms. The van der Waals surface area contributed by atoms with Crippen molar-refractivity contribution < 1.29 is 14.6 Å². The van der Waals surface area contributed by atoms with E-state index >= 15 is 0 Å². The first-order valence-corrected chi connectivity index (χ1v) is 6.74. The quantitative estimate of drug-likeness (QED) is 0.493. The minimum Gasteiger partial charge on any atom is -0.467 e. The molecule has 3 nitrogen and oxygen atoms in total. The van der Waals surface area contributed by atoms with Gasteiger partial charge in [0.2, 0.25) is 0 Å². The van der Waals surface area contributed by atoms with E-state index in [9.17, 15) is 4.79 Å². The maximum atomic E-state index is 11.4. The Balaban J connectivity index is 2.99. The van der Waals surface area contributed by atoms with E-state index in [0.29, 0.717) is 11.8 Å². The van der Waals surface area contributed by atoms with Crippen LogP contribution in [0.5, 0.6) is 0 Å². The van der Waals surface area contributed by atoms with Crippen molar-refractivity contribution in [2.75, 3.05) is 6.23 Å². The molecule has 0 bridgehead atoms. The van der Waals surface area contributed by atoms with Crippen LogP contribution in [0.25, 0.3) is 0 Å². The van der Waals surface area contributed by atoms with Crippen molar-refractivity contribution in [2.45, 2.75) is 6.61 Å². The predicted molar refractivity (Wildman–Crippen MR) is 65.3 cm³/mol. The number of carbonyl (C=O) groups excluding carboxylic acids is 1. The molecule has 0 saturated carbocycles. The highest BCUT2D eigenvalue weighted by molar-refractivity contribution is 14.1. The molecule has 0 aromatic heterocycles. The summed E-state index contributed by atoms with van der Waals surface area (Å²) in [5.74, 6) is -0.306. The van der Waals surface area contributed by atoms with Gasteiger partial charge in [-0.2, -0.15) is 0 Å². The number of hydrogen-bond acceptors (Lipinski definition) is 3. The minimum atomic E-state index is -0.306. The van der Waals surface area contributed by atoms with Crippen LogP contribution in [-0.4, -0.2) is 27.5 Å². The van der Waals surface area contributed by atoms with E-state index in [1.807, 2.05) is 0 Å². The molecule has 5 heteroatoms. The average molecular weight is 322 g/mol. The first-order valence-electron chi connectivity index (χ1n) is 4.25. The molecule has 0 aliphatic heterocycles. The number of carbonyl (C=O) groups is 1. The smallest absolute Gasteiger partial charge is 0.338 e. The van der Waals surface area contributed by atoms with Gasteiger partial charge < -0.3 is 9.84 Å². The van der Waals surface area contributed by atoms with Crippen LogP contribution < -0.4 is 0 Å². The summed E-state index contributed by atoms with van der Waals surface area (Å²) in [6.45, 7) is -0.0575. The van der Waals surface area contributed by atoms with Crippen molar-refractivity contribution in [2.24, 2.45) is 0 Å². The largest absolute Gasteiger partial charge is 0.467 e. The molecule has 0 atom stereocenters. The van der Waals surface area contributed by atoms with Gasteiger partial charge in [-0.3, -0.25) is 0 Å². The molecule has 14 heavy (non-hydrogen) atoms. The molecule has 76 valence electrons. The summed E-state index contributed by atoms with van der Waals surface area (Å²) in [5.41, 5.74) is 1.26. The summed E-state index contributed by atoms with van der Waals surface area (Å²) in [5, 5.41) is 8.92. The lowest BCUT2D eigenvalue weighted by Crippen LogP contribution is -2.08. The fraction of sp³-hybridized carbons (Fsp3) is 0.222. The Bertz CT molecular complexity index is 341. The number of aliphatic hydroxyl groups excluding tert-OH is 1. The molecule has 0 aliphatic carbocycles. The van der Waals surface area contributed by atoms with Gasteiger partial charge in [0.15, 0.2) is 0 Å². The molecule has 0 fully saturated rings. The van der Waals surface area contributed by atoms with Crippen LogP contribution in [0.2, 0.25) is 0 Å². The maximum absolute atomic E-state index is 11.4. The van der Waals surface area contributed by atoms with Crippen LogP contribution in [0.3, 0.4) is 0 Å². The number of ether oxygens (including phenoxy) is 1. The van der Waals surface area contributed by atoms with Crippen molar-refractivity contribution in [3.05, 3.63) is 32.9 Å². The summed E-state index contributed by atoms with van der Waals surface area (Å²) in [6, 6.07) is 5.26. The van der Waals surface area contributed by atoms with E-state index in [2.05, 4.69) is 22.6 Å². The monoisotopic (exact) mass is 322 g/mol. The predicted octanol–water partition coefficient (Wildman–Crippen LogP) is 0.263. The van der Waals surface area contributed by atoms with E-state index in [4.69, 9.17) is 9.84 Å². The lowest BCUT2D eigenvalue weighted by Gasteiger charge is -2.05. The van der Waals surface area contributed by atoms with Crippen molar-refractivity contribution in [1.82, 2.24) is 0 Å². The highest BCUT2D eigenvalue weighted by Crippen LogP contribution is 2.15. The molecule has 0 unspecified atom stereocenters. The third kappa shape index (κ3) is 2.79. The standard InChI is InChI=1S/C9H11IO3Si/c10-8-2-1-6(4-11)3-7(8)9(12)13-5-14/h1-3,11H,4-5H2,14H3. The molecule has 0 amide bonds. The lowest BCUT2D eigenvalue weighted by molar-refractivity contribution is 0.0572. The van der Waals surface area contributed by atoms with Gasteiger partial charge in [-0.25, -0.2) is 4.79 Å². The van der Waals surface area contributed by atoms with Crippen LogP contribution in [0.1, 0.15) is 15.9 Å². The molecule has 0 radical (unpaired) electrons. The number of benzene rings is 1. The zero-order valence-corrected chi connectivity index (χ0v) is 11.9. The first-order chi connectivity index (χ1) is 6.69. The minimum absolute atomic E-state index is 0.0575. The average Bonchev–Trinajstić information content (AvgIpc) is 2.19. The van der Waals surface area contributed by atoms with Gasteiger partial charge >= 0.3 is 5.97 Å². The van der Waals surface area contributed by atoms with Crippen LogP contribution in [0.15, 0.2) is 18.2 Å². The van der Waals surface area contributed by atoms with E-state index in [-0.39, 0.29) is 12.6 Å². The van der Waals surface area contributed by atoms with Crippen LogP contribution >= 0.6 is 22.6 Å². The Morgan fingerprint density at radius 2 is 2.29 bits per heavy atom. The number of halogens is 1. The second kappa shape index (κ2) is 5.47. The SMILES string of the molecule is O=C(OC[SiH3])c1cc(CO)ccc1I. The summed E-state index contributed by atoms with van der Waals surface area (Å²) in [7, 11) is 0.840. The summed E-state index contributed by atoms with van der Waals surface area (Å²) in [6.07, 6.45) is 0.498. The third-order valence-corrected chi connectivity index (χ3v) is 2.94. The molecular weight excluding hydrogens is 311 g/mol. The van der Waals surface area contributed by atoms with Gasteiger partial charge in [0, 0.05) is 3.57 Å². The van der Waals surface area contributed by atoms with Crippen LogP contribution in [0.4, 0.5) is 0 Å². The fourth-order valence-electron chi connectivity index (χ4n) is 1.04. The van der Waals surface area contributed by atoms with Crippen molar-refractivity contribution >= 4 is 38.8 Å². The number of esters is 1. The Kier molecular flexibility index (Phi) is 4.56. The maximum Gasteiger partial charge on any atom is 0.338 e. The molecule has 1 rings (SSSR count). The normalized spacial score (nSPS) is 10.1. The van der Waals surface area contributed by atoms with E-state index in [1.165, 1.54) is 0 Å². The molecule has 1 aromatic rings.